The number of likely N-dealkylation sites (tertiary alicyclic amines) is 1. The number of unbranched alkanes of at least 4 members (excludes halogenated alkanes) is 1. The molecule has 0 bridgehead atoms. The Bertz CT molecular complexity index is 978. The summed E-state index contributed by atoms with van der Waals surface area (Å²) in [5, 5.41) is 3.09. The van der Waals surface area contributed by atoms with Crippen LogP contribution < -0.4 is 5.32 Å². The smallest absolute Gasteiger partial charge is 0.220 e. The summed E-state index contributed by atoms with van der Waals surface area (Å²) in [6.07, 6.45) is 10.9. The van der Waals surface area contributed by atoms with Crippen molar-refractivity contribution in [2.24, 2.45) is 11.8 Å². The summed E-state index contributed by atoms with van der Waals surface area (Å²) in [7, 11) is 0. The average Bonchev–Trinajstić information content (AvgIpc) is 2.94. The highest BCUT2D eigenvalue weighted by Gasteiger charge is 2.29. The van der Waals surface area contributed by atoms with E-state index in [1.165, 1.54) is 36.8 Å². The molecule has 1 aliphatic heterocycles. The fraction of sp³-hybridized carbons (Fsp3) is 0.438. The summed E-state index contributed by atoms with van der Waals surface area (Å²) in [5.74, 6) is 1.67. The number of carbonyl (C=O) groups is 1. The first-order valence-corrected chi connectivity index (χ1v) is 13.7. The molecule has 1 saturated heterocycles. The highest BCUT2D eigenvalue weighted by molar-refractivity contribution is 5.76. The Hall–Kier alpha value is -2.98. The van der Waals surface area contributed by atoms with Crippen molar-refractivity contribution in [2.75, 3.05) is 19.6 Å². The zero-order valence-electron chi connectivity index (χ0n) is 21.7. The van der Waals surface area contributed by atoms with E-state index in [0.717, 1.165) is 49.9 Å². The molecule has 1 aromatic heterocycles. The van der Waals surface area contributed by atoms with Crippen LogP contribution in [0.4, 0.5) is 0 Å². The molecule has 1 amide bonds. The highest BCUT2D eigenvalue weighted by Crippen LogP contribution is 2.35. The van der Waals surface area contributed by atoms with Gasteiger partial charge in [0, 0.05) is 25.4 Å². The normalized spacial score (nSPS) is 15.6. The molecule has 3 aromatic rings. The number of benzene rings is 2. The quantitative estimate of drug-likeness (QED) is 0.302. The van der Waals surface area contributed by atoms with Gasteiger partial charge >= 0.3 is 0 Å². The third-order valence-electron chi connectivity index (χ3n) is 7.75. The second-order valence-corrected chi connectivity index (χ2v) is 10.3. The van der Waals surface area contributed by atoms with Gasteiger partial charge in [-0.1, -0.05) is 86.5 Å². The predicted octanol–water partition coefficient (Wildman–Crippen LogP) is 6.44. The molecule has 1 unspecified atom stereocenters. The summed E-state index contributed by atoms with van der Waals surface area (Å²) in [6.45, 7) is 5.51. The number of amides is 1. The largest absolute Gasteiger partial charge is 0.356 e. The minimum atomic E-state index is 0.144. The number of rotatable bonds is 12. The van der Waals surface area contributed by atoms with Crippen LogP contribution in [-0.4, -0.2) is 35.4 Å². The lowest BCUT2D eigenvalue weighted by atomic mass is 9.81. The van der Waals surface area contributed by atoms with Gasteiger partial charge in [-0.3, -0.25) is 14.7 Å². The molecule has 0 spiro atoms. The van der Waals surface area contributed by atoms with Crippen LogP contribution in [0.15, 0.2) is 85.2 Å². The molecule has 190 valence electrons. The predicted molar refractivity (Wildman–Crippen MR) is 148 cm³/mol. The Kier molecular flexibility index (Phi) is 10.1. The maximum absolute atomic E-state index is 12.1. The zero-order valence-corrected chi connectivity index (χ0v) is 21.7. The SMILES string of the molecule is CC(CCCCNC(=O)CCc1cccnc1)C1CCN(C(c2ccccc2)c2ccccc2)CC1. The summed E-state index contributed by atoms with van der Waals surface area (Å²) in [4.78, 5) is 18.9. The minimum absolute atomic E-state index is 0.144. The number of aromatic nitrogens is 1. The summed E-state index contributed by atoms with van der Waals surface area (Å²) in [6, 6.07) is 26.2. The Balaban J connectivity index is 1.16. The number of piperidine rings is 1. The van der Waals surface area contributed by atoms with E-state index in [0.29, 0.717) is 12.5 Å². The lowest BCUT2D eigenvalue weighted by Gasteiger charge is -2.40. The van der Waals surface area contributed by atoms with E-state index in [1.807, 2.05) is 18.3 Å². The zero-order chi connectivity index (χ0) is 25.0. The van der Waals surface area contributed by atoms with Gasteiger partial charge in [0.1, 0.15) is 0 Å². The fourth-order valence-electron chi connectivity index (χ4n) is 5.58. The number of nitrogens with one attached hydrogen (secondary N) is 1. The molecule has 0 aliphatic carbocycles. The second kappa shape index (κ2) is 13.9. The van der Waals surface area contributed by atoms with Gasteiger partial charge < -0.3 is 5.32 Å². The topological polar surface area (TPSA) is 45.2 Å². The molecule has 0 saturated carbocycles. The van der Waals surface area contributed by atoms with E-state index in [-0.39, 0.29) is 5.91 Å². The van der Waals surface area contributed by atoms with Crippen molar-refractivity contribution in [3.63, 3.8) is 0 Å². The lowest BCUT2D eigenvalue weighted by molar-refractivity contribution is -0.121. The molecule has 36 heavy (non-hydrogen) atoms. The van der Waals surface area contributed by atoms with Crippen LogP contribution in [0.25, 0.3) is 0 Å². The second-order valence-electron chi connectivity index (χ2n) is 10.3. The van der Waals surface area contributed by atoms with Crippen LogP contribution in [-0.2, 0) is 11.2 Å². The van der Waals surface area contributed by atoms with Crippen molar-refractivity contribution >= 4 is 5.91 Å². The lowest BCUT2D eigenvalue weighted by Crippen LogP contribution is -2.38. The first kappa shape index (κ1) is 26.1. The van der Waals surface area contributed by atoms with Crippen molar-refractivity contribution in [1.82, 2.24) is 15.2 Å². The summed E-state index contributed by atoms with van der Waals surface area (Å²) < 4.78 is 0. The Morgan fingerprint density at radius 3 is 2.22 bits per heavy atom. The first-order valence-electron chi connectivity index (χ1n) is 13.7. The molecule has 0 radical (unpaired) electrons. The van der Waals surface area contributed by atoms with E-state index in [4.69, 9.17) is 0 Å². The van der Waals surface area contributed by atoms with Gasteiger partial charge in [-0.25, -0.2) is 0 Å². The Morgan fingerprint density at radius 1 is 0.944 bits per heavy atom. The molecule has 2 heterocycles. The average molecular weight is 484 g/mol. The number of hydrogen-bond acceptors (Lipinski definition) is 3. The summed E-state index contributed by atoms with van der Waals surface area (Å²) >= 11 is 0. The van der Waals surface area contributed by atoms with Gasteiger partial charge in [-0.15, -0.1) is 0 Å². The van der Waals surface area contributed by atoms with Gasteiger partial charge in [-0.05, 0) is 73.4 Å². The van der Waals surface area contributed by atoms with Crippen molar-refractivity contribution in [3.05, 3.63) is 102 Å². The minimum Gasteiger partial charge on any atom is -0.356 e. The maximum atomic E-state index is 12.1. The van der Waals surface area contributed by atoms with E-state index in [2.05, 4.69) is 82.8 Å². The molecule has 4 rings (SSSR count). The van der Waals surface area contributed by atoms with Crippen molar-refractivity contribution in [1.29, 1.82) is 0 Å². The van der Waals surface area contributed by atoms with Crippen LogP contribution >= 0.6 is 0 Å². The molecule has 1 atom stereocenters. The van der Waals surface area contributed by atoms with Gasteiger partial charge in [0.05, 0.1) is 6.04 Å². The highest BCUT2D eigenvalue weighted by atomic mass is 16.1. The third-order valence-corrected chi connectivity index (χ3v) is 7.75. The monoisotopic (exact) mass is 483 g/mol. The molecular weight excluding hydrogens is 442 g/mol. The maximum Gasteiger partial charge on any atom is 0.220 e. The summed E-state index contributed by atoms with van der Waals surface area (Å²) in [5.41, 5.74) is 3.89. The van der Waals surface area contributed by atoms with Crippen LogP contribution in [0.1, 0.15) is 68.2 Å². The molecule has 4 heteroatoms. The Labute approximate surface area is 217 Å². The van der Waals surface area contributed by atoms with E-state index >= 15 is 0 Å². The van der Waals surface area contributed by atoms with Crippen molar-refractivity contribution in [2.45, 2.75) is 57.9 Å². The molecule has 1 fully saturated rings. The van der Waals surface area contributed by atoms with E-state index < -0.39 is 0 Å². The third kappa shape index (κ3) is 7.76. The molecule has 1 aliphatic rings. The van der Waals surface area contributed by atoms with Crippen molar-refractivity contribution < 1.29 is 4.79 Å². The van der Waals surface area contributed by atoms with Gasteiger partial charge in [-0.2, -0.15) is 0 Å². The standard InChI is InChI=1S/C32H41N3O/c1-26(11-8-9-22-34-31(36)18-17-27-12-10-21-33-25-27)28-19-23-35(24-20-28)32(29-13-4-2-5-14-29)30-15-6-3-7-16-30/h2-7,10,12-16,21,25-26,28,32H,8-9,11,17-20,22-24H2,1H3,(H,34,36). The molecule has 1 N–H and O–H groups in total. The van der Waals surface area contributed by atoms with E-state index in [9.17, 15) is 4.79 Å². The number of nitrogens with zero attached hydrogens (tertiary/aromatic N) is 2. The molecular formula is C32H41N3O. The fourth-order valence-corrected chi connectivity index (χ4v) is 5.58. The van der Waals surface area contributed by atoms with Gasteiger partial charge in [0.15, 0.2) is 0 Å². The van der Waals surface area contributed by atoms with Gasteiger partial charge in [0.2, 0.25) is 5.91 Å². The first-order chi connectivity index (χ1) is 17.7. The van der Waals surface area contributed by atoms with E-state index in [1.54, 1.807) is 6.20 Å². The van der Waals surface area contributed by atoms with Crippen LogP contribution in [0.2, 0.25) is 0 Å². The number of hydrogen-bond donors (Lipinski definition) is 1. The van der Waals surface area contributed by atoms with Gasteiger partial charge in [0.25, 0.3) is 0 Å². The number of aryl methyl sites for hydroxylation is 1. The van der Waals surface area contributed by atoms with Crippen LogP contribution in [0.5, 0.6) is 0 Å². The molecule has 2 aromatic carbocycles. The van der Waals surface area contributed by atoms with Crippen LogP contribution in [0, 0.1) is 11.8 Å². The Morgan fingerprint density at radius 2 is 1.61 bits per heavy atom. The van der Waals surface area contributed by atoms with Crippen LogP contribution in [0.3, 0.4) is 0 Å². The van der Waals surface area contributed by atoms with Crippen molar-refractivity contribution in [3.8, 4) is 0 Å². The number of pyridine rings is 1. The number of carbonyl (C=O) groups excluding carboxylic acids is 1. The molecule has 4 nitrogen and oxygen atoms in total.